The number of ether oxygens (including phenoxy) is 1. The van der Waals surface area contributed by atoms with Gasteiger partial charge >= 0.3 is 6.36 Å². The highest BCUT2D eigenvalue weighted by molar-refractivity contribution is 5.95. The summed E-state index contributed by atoms with van der Waals surface area (Å²) in [4.78, 5) is 11.9. The number of amides is 1. The zero-order chi connectivity index (χ0) is 16.6. The zero-order valence-corrected chi connectivity index (χ0v) is 12.4. The molecule has 3 rings (SSSR count). The highest BCUT2D eigenvalue weighted by Gasteiger charge is 2.31. The van der Waals surface area contributed by atoms with Gasteiger partial charge in [-0.05, 0) is 30.2 Å². The summed E-state index contributed by atoms with van der Waals surface area (Å²) in [7, 11) is 0. The van der Waals surface area contributed by atoms with E-state index in [4.69, 9.17) is 0 Å². The quantitative estimate of drug-likeness (QED) is 0.934. The first-order valence-corrected chi connectivity index (χ1v) is 7.23. The Bertz CT molecular complexity index is 737. The minimum atomic E-state index is -4.73. The molecular formula is C16H15F3N2O2. The fraction of sp³-hybridized carbons (Fsp3) is 0.312. The Morgan fingerprint density at radius 3 is 2.78 bits per heavy atom. The van der Waals surface area contributed by atoms with E-state index in [-0.39, 0.29) is 17.7 Å². The van der Waals surface area contributed by atoms with Crippen molar-refractivity contribution in [3.05, 3.63) is 42.2 Å². The molecule has 1 aliphatic rings. The molecule has 4 nitrogen and oxygen atoms in total. The summed E-state index contributed by atoms with van der Waals surface area (Å²) >= 11 is 0. The maximum absolute atomic E-state index is 12.3. The van der Waals surface area contributed by atoms with Gasteiger partial charge in [-0.25, -0.2) is 0 Å². The molecular weight excluding hydrogens is 309 g/mol. The summed E-state index contributed by atoms with van der Waals surface area (Å²) in [5, 5.41) is 2.81. The van der Waals surface area contributed by atoms with Crippen molar-refractivity contribution in [1.82, 2.24) is 9.88 Å². The average molecular weight is 324 g/mol. The molecule has 0 spiro atoms. The predicted molar refractivity (Wildman–Crippen MR) is 78.2 cm³/mol. The van der Waals surface area contributed by atoms with Gasteiger partial charge in [-0.3, -0.25) is 4.79 Å². The minimum Gasteiger partial charge on any atom is -0.406 e. The fourth-order valence-electron chi connectivity index (χ4n) is 2.73. The first kappa shape index (κ1) is 15.5. The van der Waals surface area contributed by atoms with E-state index in [1.54, 1.807) is 18.3 Å². The molecule has 0 aliphatic carbocycles. The van der Waals surface area contributed by atoms with E-state index in [9.17, 15) is 18.0 Å². The Balaban J connectivity index is 1.97. The lowest BCUT2D eigenvalue weighted by Crippen LogP contribution is -2.38. The topological polar surface area (TPSA) is 43.3 Å². The van der Waals surface area contributed by atoms with Crippen LogP contribution < -0.4 is 10.1 Å². The lowest BCUT2D eigenvalue weighted by atomic mass is 10.1. The molecule has 1 amide bonds. The van der Waals surface area contributed by atoms with Crippen LogP contribution in [-0.2, 0) is 0 Å². The number of benzene rings is 1. The van der Waals surface area contributed by atoms with Gasteiger partial charge in [-0.1, -0.05) is 19.1 Å². The highest BCUT2D eigenvalue weighted by atomic mass is 19.4. The van der Waals surface area contributed by atoms with E-state index >= 15 is 0 Å². The number of aromatic nitrogens is 1. The van der Waals surface area contributed by atoms with Crippen molar-refractivity contribution in [3.63, 3.8) is 0 Å². The van der Waals surface area contributed by atoms with Gasteiger partial charge in [0.05, 0.1) is 6.04 Å². The van der Waals surface area contributed by atoms with Crippen LogP contribution in [-0.4, -0.2) is 23.4 Å². The molecule has 1 N–H and O–H groups in total. The summed E-state index contributed by atoms with van der Waals surface area (Å²) in [6, 6.07) is 7.56. The smallest absolute Gasteiger partial charge is 0.406 e. The van der Waals surface area contributed by atoms with Crippen molar-refractivity contribution in [1.29, 1.82) is 0 Å². The summed E-state index contributed by atoms with van der Waals surface area (Å²) < 4.78 is 42.8. The molecule has 7 heteroatoms. The number of nitrogens with zero attached hydrogens (tertiary/aromatic N) is 1. The van der Waals surface area contributed by atoms with Gasteiger partial charge in [0, 0.05) is 18.3 Å². The first-order valence-electron chi connectivity index (χ1n) is 7.23. The third kappa shape index (κ3) is 3.18. The van der Waals surface area contributed by atoms with Crippen LogP contribution in [0.2, 0.25) is 0 Å². The van der Waals surface area contributed by atoms with Gasteiger partial charge in [0.15, 0.2) is 0 Å². The molecule has 1 aliphatic heterocycles. The number of nitrogens with one attached hydrogen (secondary N) is 1. The van der Waals surface area contributed by atoms with Crippen LogP contribution in [0.1, 0.15) is 29.9 Å². The fourth-order valence-corrected chi connectivity index (χ4v) is 2.73. The van der Waals surface area contributed by atoms with Gasteiger partial charge in [0.2, 0.25) is 0 Å². The van der Waals surface area contributed by atoms with Crippen molar-refractivity contribution in [2.75, 3.05) is 6.54 Å². The molecule has 1 atom stereocenters. The van der Waals surface area contributed by atoms with Crippen LogP contribution >= 0.6 is 0 Å². The Kier molecular flexibility index (Phi) is 3.79. The van der Waals surface area contributed by atoms with Crippen LogP contribution in [0, 0.1) is 0 Å². The number of hydrogen-bond acceptors (Lipinski definition) is 2. The van der Waals surface area contributed by atoms with Crippen LogP contribution in [0.15, 0.2) is 36.5 Å². The number of rotatable bonds is 3. The zero-order valence-electron chi connectivity index (χ0n) is 12.4. The van der Waals surface area contributed by atoms with Crippen molar-refractivity contribution in [2.24, 2.45) is 0 Å². The molecule has 0 bridgehead atoms. The maximum Gasteiger partial charge on any atom is 0.573 e. The molecule has 0 fully saturated rings. The molecule has 0 saturated heterocycles. The van der Waals surface area contributed by atoms with Crippen molar-refractivity contribution in [3.8, 4) is 16.9 Å². The third-order valence-corrected chi connectivity index (χ3v) is 3.85. The summed E-state index contributed by atoms with van der Waals surface area (Å²) in [5.41, 5.74) is 1.76. The molecule has 2 aromatic rings. The molecule has 1 aromatic carbocycles. The number of carbonyl (C=O) groups excluding carboxylic acids is 1. The van der Waals surface area contributed by atoms with Crippen molar-refractivity contribution in [2.45, 2.75) is 25.7 Å². The number of carbonyl (C=O) groups is 1. The second-order valence-electron chi connectivity index (χ2n) is 5.37. The Hall–Kier alpha value is -2.44. The predicted octanol–water partition coefficient (Wildman–Crippen LogP) is 3.75. The Morgan fingerprint density at radius 2 is 2.09 bits per heavy atom. The van der Waals surface area contributed by atoms with Gasteiger partial charge < -0.3 is 14.6 Å². The number of alkyl halides is 3. The molecule has 0 saturated carbocycles. The van der Waals surface area contributed by atoms with Crippen LogP contribution in [0.4, 0.5) is 13.2 Å². The second kappa shape index (κ2) is 5.64. The van der Waals surface area contributed by atoms with Gasteiger partial charge in [0.25, 0.3) is 5.91 Å². The molecule has 1 unspecified atom stereocenters. The number of halogens is 3. The van der Waals surface area contributed by atoms with E-state index in [2.05, 4.69) is 10.1 Å². The Labute approximate surface area is 130 Å². The van der Waals surface area contributed by atoms with Gasteiger partial charge in [0.1, 0.15) is 11.4 Å². The van der Waals surface area contributed by atoms with E-state index in [1.165, 1.54) is 18.2 Å². The standard InChI is InChI=1S/C16H15F3N2O2/c1-2-12-8-20-15(22)14-7-11(9-21(12)14)10-4-3-5-13(6-10)23-16(17,18)19/h3-7,9,12H,2,8H2,1H3,(H,20,22). The van der Waals surface area contributed by atoms with E-state index in [0.29, 0.717) is 23.4 Å². The Morgan fingerprint density at radius 1 is 1.30 bits per heavy atom. The SMILES string of the molecule is CCC1CNC(=O)c2cc(-c3cccc(OC(F)(F)F)c3)cn21. The molecule has 1 aromatic heterocycles. The number of hydrogen-bond donors (Lipinski definition) is 1. The van der Waals surface area contributed by atoms with E-state index in [1.807, 2.05) is 11.5 Å². The highest BCUT2D eigenvalue weighted by Crippen LogP contribution is 2.31. The van der Waals surface area contributed by atoms with Crippen LogP contribution in [0.3, 0.4) is 0 Å². The first-order chi connectivity index (χ1) is 10.9. The normalized spacial score (nSPS) is 17.6. The molecule has 2 heterocycles. The summed E-state index contributed by atoms with van der Waals surface area (Å²) in [6.45, 7) is 2.57. The molecule has 23 heavy (non-hydrogen) atoms. The van der Waals surface area contributed by atoms with Crippen molar-refractivity contribution < 1.29 is 22.7 Å². The third-order valence-electron chi connectivity index (χ3n) is 3.85. The minimum absolute atomic E-state index is 0.144. The monoisotopic (exact) mass is 324 g/mol. The van der Waals surface area contributed by atoms with Crippen LogP contribution in [0.25, 0.3) is 11.1 Å². The van der Waals surface area contributed by atoms with Crippen molar-refractivity contribution >= 4 is 5.91 Å². The van der Waals surface area contributed by atoms with E-state index in [0.717, 1.165) is 6.42 Å². The van der Waals surface area contributed by atoms with E-state index < -0.39 is 6.36 Å². The van der Waals surface area contributed by atoms with Gasteiger partial charge in [-0.2, -0.15) is 0 Å². The average Bonchev–Trinajstić information content (AvgIpc) is 2.92. The largest absolute Gasteiger partial charge is 0.573 e. The summed E-state index contributed by atoms with van der Waals surface area (Å²) in [6.07, 6.45) is -2.08. The number of fused-ring (bicyclic) bond motifs is 1. The molecule has 0 radical (unpaired) electrons. The lowest BCUT2D eigenvalue weighted by Gasteiger charge is -2.25. The summed E-state index contributed by atoms with van der Waals surface area (Å²) in [5.74, 6) is -0.459. The molecule has 122 valence electrons. The maximum atomic E-state index is 12.3. The van der Waals surface area contributed by atoms with Crippen LogP contribution in [0.5, 0.6) is 5.75 Å². The second-order valence-corrected chi connectivity index (χ2v) is 5.37. The lowest BCUT2D eigenvalue weighted by molar-refractivity contribution is -0.274. The van der Waals surface area contributed by atoms with Gasteiger partial charge in [-0.15, -0.1) is 13.2 Å².